The van der Waals surface area contributed by atoms with Crippen molar-refractivity contribution >= 4 is 40.8 Å². The van der Waals surface area contributed by atoms with Crippen molar-refractivity contribution in [3.63, 3.8) is 0 Å². The summed E-state index contributed by atoms with van der Waals surface area (Å²) in [6.07, 6.45) is 1.21. The van der Waals surface area contributed by atoms with Crippen LogP contribution in [0, 0.1) is 5.95 Å². The van der Waals surface area contributed by atoms with Crippen molar-refractivity contribution in [2.75, 3.05) is 7.11 Å². The Labute approximate surface area is 129 Å². The zero-order chi connectivity index (χ0) is 14.9. The highest BCUT2D eigenvalue weighted by molar-refractivity contribution is 6.46. The fraction of sp³-hybridized carbons (Fsp3) is 0.0769. The molecule has 2 aromatic rings. The molecule has 0 aliphatic carbocycles. The van der Waals surface area contributed by atoms with E-state index in [0.717, 1.165) is 7.11 Å². The second kappa shape index (κ2) is 5.95. The van der Waals surface area contributed by atoms with Crippen LogP contribution in [-0.2, 0) is 4.74 Å². The lowest BCUT2D eigenvalue weighted by molar-refractivity contribution is 0.0594. The van der Waals surface area contributed by atoms with Gasteiger partial charge in [-0.15, -0.1) is 0 Å². The van der Waals surface area contributed by atoms with Gasteiger partial charge < -0.3 is 4.74 Å². The topological polar surface area (TPSA) is 39.2 Å². The Morgan fingerprint density at radius 2 is 1.90 bits per heavy atom. The van der Waals surface area contributed by atoms with E-state index in [1.807, 2.05) is 0 Å². The number of pyridine rings is 1. The second-order valence-electron chi connectivity index (χ2n) is 3.77. The SMILES string of the molecule is COC(=O)c1cc(-c2c(Cl)ccc(Cl)c2Cl)cnc1F. The molecule has 0 fully saturated rings. The standard InChI is InChI=1S/C13H7Cl3FNO2/c1-20-13(19)7-4-6(5-18-12(7)17)10-8(14)2-3-9(15)11(10)16/h2-5H,1H3. The second-order valence-corrected chi connectivity index (χ2v) is 4.96. The first-order valence-corrected chi connectivity index (χ1v) is 6.46. The molecule has 0 saturated heterocycles. The van der Waals surface area contributed by atoms with E-state index in [2.05, 4.69) is 9.72 Å². The zero-order valence-corrected chi connectivity index (χ0v) is 12.4. The minimum absolute atomic E-state index is 0.198. The van der Waals surface area contributed by atoms with Gasteiger partial charge in [0.25, 0.3) is 0 Å². The van der Waals surface area contributed by atoms with Crippen molar-refractivity contribution in [3.05, 3.63) is 51.0 Å². The van der Waals surface area contributed by atoms with Crippen LogP contribution in [0.25, 0.3) is 11.1 Å². The fourth-order valence-electron chi connectivity index (χ4n) is 1.63. The lowest BCUT2D eigenvalue weighted by Gasteiger charge is -2.10. The van der Waals surface area contributed by atoms with Crippen molar-refractivity contribution in [1.29, 1.82) is 0 Å². The van der Waals surface area contributed by atoms with E-state index in [0.29, 0.717) is 16.1 Å². The Bertz CT molecular complexity index is 692. The van der Waals surface area contributed by atoms with Crippen LogP contribution in [0.4, 0.5) is 4.39 Å². The number of benzene rings is 1. The molecular formula is C13H7Cl3FNO2. The number of ether oxygens (including phenoxy) is 1. The molecule has 0 bridgehead atoms. The molecule has 0 radical (unpaired) electrons. The monoisotopic (exact) mass is 333 g/mol. The highest BCUT2D eigenvalue weighted by atomic mass is 35.5. The summed E-state index contributed by atoms with van der Waals surface area (Å²) < 4.78 is 18.0. The number of carbonyl (C=O) groups excluding carboxylic acids is 1. The zero-order valence-electron chi connectivity index (χ0n) is 10.1. The van der Waals surface area contributed by atoms with Gasteiger partial charge in [0.1, 0.15) is 5.56 Å². The summed E-state index contributed by atoms with van der Waals surface area (Å²) in [7, 11) is 1.15. The maximum atomic E-state index is 13.5. The summed E-state index contributed by atoms with van der Waals surface area (Å²) in [6, 6.07) is 4.34. The van der Waals surface area contributed by atoms with Crippen molar-refractivity contribution in [3.8, 4) is 11.1 Å². The molecule has 104 valence electrons. The Balaban J connectivity index is 2.66. The molecule has 7 heteroatoms. The first-order chi connectivity index (χ1) is 9.45. The molecule has 0 N–H and O–H groups in total. The van der Waals surface area contributed by atoms with Crippen LogP contribution in [0.5, 0.6) is 0 Å². The van der Waals surface area contributed by atoms with Crippen molar-refractivity contribution in [2.45, 2.75) is 0 Å². The van der Waals surface area contributed by atoms with Gasteiger partial charge in [-0.05, 0) is 18.2 Å². The Hall–Kier alpha value is -1.36. The quantitative estimate of drug-likeness (QED) is 0.456. The molecule has 3 nitrogen and oxygen atoms in total. The maximum absolute atomic E-state index is 13.5. The van der Waals surface area contributed by atoms with Crippen LogP contribution in [0.15, 0.2) is 24.4 Å². The molecule has 1 aromatic heterocycles. The molecule has 0 amide bonds. The Kier molecular flexibility index (Phi) is 4.48. The van der Waals surface area contributed by atoms with Crippen molar-refractivity contribution < 1.29 is 13.9 Å². The molecular weight excluding hydrogens is 328 g/mol. The number of hydrogen-bond donors (Lipinski definition) is 0. The lowest BCUT2D eigenvalue weighted by atomic mass is 10.1. The van der Waals surface area contributed by atoms with Crippen LogP contribution in [0.1, 0.15) is 10.4 Å². The number of rotatable bonds is 2. The average molecular weight is 335 g/mol. The molecule has 1 aromatic carbocycles. The number of aromatic nitrogens is 1. The molecule has 2 rings (SSSR count). The fourth-order valence-corrected chi connectivity index (χ4v) is 2.38. The minimum atomic E-state index is -0.935. The van der Waals surface area contributed by atoms with Gasteiger partial charge in [-0.1, -0.05) is 34.8 Å². The van der Waals surface area contributed by atoms with E-state index in [4.69, 9.17) is 34.8 Å². The molecule has 0 saturated carbocycles. The summed E-state index contributed by atoms with van der Waals surface area (Å²) in [5.74, 6) is -1.78. The van der Waals surface area contributed by atoms with Gasteiger partial charge in [-0.3, -0.25) is 0 Å². The van der Waals surface area contributed by atoms with E-state index in [9.17, 15) is 9.18 Å². The normalized spacial score (nSPS) is 10.4. The van der Waals surface area contributed by atoms with E-state index >= 15 is 0 Å². The summed E-state index contributed by atoms with van der Waals surface area (Å²) in [5, 5.41) is 0.794. The van der Waals surface area contributed by atoms with Crippen LogP contribution >= 0.6 is 34.8 Å². The summed E-state index contributed by atoms with van der Waals surface area (Å²) in [4.78, 5) is 15.0. The average Bonchev–Trinajstić information content (AvgIpc) is 2.44. The molecule has 20 heavy (non-hydrogen) atoms. The largest absolute Gasteiger partial charge is 0.465 e. The van der Waals surface area contributed by atoms with Gasteiger partial charge in [0.05, 0.1) is 22.2 Å². The molecule has 0 atom stereocenters. The number of nitrogens with zero attached hydrogens (tertiary/aromatic N) is 1. The number of esters is 1. The van der Waals surface area contributed by atoms with E-state index < -0.39 is 11.9 Å². The van der Waals surface area contributed by atoms with Crippen molar-refractivity contribution in [1.82, 2.24) is 4.98 Å². The van der Waals surface area contributed by atoms with Crippen LogP contribution in [-0.4, -0.2) is 18.1 Å². The van der Waals surface area contributed by atoms with E-state index in [-0.39, 0.29) is 15.6 Å². The van der Waals surface area contributed by atoms with Crippen LogP contribution in [0.2, 0.25) is 15.1 Å². The van der Waals surface area contributed by atoms with Gasteiger partial charge >= 0.3 is 5.97 Å². The van der Waals surface area contributed by atoms with Crippen molar-refractivity contribution in [2.24, 2.45) is 0 Å². The van der Waals surface area contributed by atoms with Crippen LogP contribution < -0.4 is 0 Å². The predicted octanol–water partition coefficient (Wildman–Crippen LogP) is 4.63. The molecule has 0 aliphatic heterocycles. The third-order valence-electron chi connectivity index (χ3n) is 2.58. The lowest BCUT2D eigenvalue weighted by Crippen LogP contribution is -2.06. The van der Waals surface area contributed by atoms with Gasteiger partial charge in [-0.25, -0.2) is 9.78 Å². The first kappa shape index (κ1) is 15.0. The predicted molar refractivity (Wildman–Crippen MR) is 76.0 cm³/mol. The van der Waals surface area contributed by atoms with E-state index in [1.54, 1.807) is 6.07 Å². The third-order valence-corrected chi connectivity index (χ3v) is 3.70. The van der Waals surface area contributed by atoms with Gasteiger partial charge in [-0.2, -0.15) is 4.39 Å². The highest BCUT2D eigenvalue weighted by Gasteiger charge is 2.18. The molecule has 1 heterocycles. The van der Waals surface area contributed by atoms with Gasteiger partial charge in [0, 0.05) is 17.3 Å². The number of halogens is 4. The molecule has 0 aliphatic rings. The highest BCUT2D eigenvalue weighted by Crippen LogP contribution is 2.39. The summed E-state index contributed by atoms with van der Waals surface area (Å²) >= 11 is 18.1. The third kappa shape index (κ3) is 2.73. The molecule has 0 spiro atoms. The number of carbonyl (C=O) groups is 1. The number of hydrogen-bond acceptors (Lipinski definition) is 3. The summed E-state index contributed by atoms with van der Waals surface area (Å²) in [5.41, 5.74) is 0.430. The minimum Gasteiger partial charge on any atom is -0.465 e. The maximum Gasteiger partial charge on any atom is 0.342 e. The van der Waals surface area contributed by atoms with Gasteiger partial charge in [0.15, 0.2) is 0 Å². The molecule has 0 unspecified atom stereocenters. The smallest absolute Gasteiger partial charge is 0.342 e. The Morgan fingerprint density at radius 3 is 2.55 bits per heavy atom. The van der Waals surface area contributed by atoms with Crippen LogP contribution in [0.3, 0.4) is 0 Å². The van der Waals surface area contributed by atoms with E-state index in [1.165, 1.54) is 18.3 Å². The summed E-state index contributed by atoms with van der Waals surface area (Å²) in [6.45, 7) is 0. The Morgan fingerprint density at radius 1 is 1.25 bits per heavy atom. The first-order valence-electron chi connectivity index (χ1n) is 5.33. The number of methoxy groups -OCH3 is 1. The van der Waals surface area contributed by atoms with Gasteiger partial charge in [0.2, 0.25) is 5.95 Å².